The highest BCUT2D eigenvalue weighted by atomic mass is 32.1. The van der Waals surface area contributed by atoms with Crippen LogP contribution in [0.25, 0.3) is 10.8 Å². The van der Waals surface area contributed by atoms with E-state index in [9.17, 15) is 9.59 Å². The second-order valence-corrected chi connectivity index (χ2v) is 7.49. The van der Waals surface area contributed by atoms with Gasteiger partial charge >= 0.3 is 0 Å². The number of amides is 1. The summed E-state index contributed by atoms with van der Waals surface area (Å²) in [5, 5.41) is 13.3. The molecule has 1 saturated heterocycles. The van der Waals surface area contributed by atoms with Crippen LogP contribution in [0.5, 0.6) is 0 Å². The summed E-state index contributed by atoms with van der Waals surface area (Å²) >= 11 is 1.31. The minimum atomic E-state index is -0.336. The zero-order valence-electron chi connectivity index (χ0n) is 15.4. The summed E-state index contributed by atoms with van der Waals surface area (Å²) in [6.45, 7) is 1.46. The van der Waals surface area contributed by atoms with Crippen LogP contribution < -0.4 is 10.9 Å². The van der Waals surface area contributed by atoms with Crippen LogP contribution in [0.3, 0.4) is 0 Å². The Kier molecular flexibility index (Phi) is 5.47. The van der Waals surface area contributed by atoms with Gasteiger partial charge in [0.1, 0.15) is 11.1 Å². The highest BCUT2D eigenvalue weighted by Crippen LogP contribution is 2.32. The van der Waals surface area contributed by atoms with Gasteiger partial charge in [0.05, 0.1) is 12.2 Å². The second-order valence-electron chi connectivity index (χ2n) is 6.48. The van der Waals surface area contributed by atoms with Crippen LogP contribution in [0.1, 0.15) is 34.3 Å². The van der Waals surface area contributed by atoms with E-state index in [1.165, 1.54) is 15.9 Å². The van der Waals surface area contributed by atoms with Crippen molar-refractivity contribution in [1.29, 1.82) is 0 Å². The van der Waals surface area contributed by atoms with Gasteiger partial charge in [-0.1, -0.05) is 29.5 Å². The number of nitrogens with one attached hydrogen (secondary N) is 1. The van der Waals surface area contributed by atoms with E-state index in [0.29, 0.717) is 34.6 Å². The molecule has 0 aliphatic carbocycles. The fourth-order valence-electron chi connectivity index (χ4n) is 3.23. The molecule has 0 spiro atoms. The smallest absolute Gasteiger partial charge is 0.259 e. The molecule has 0 radical (unpaired) electrons. The molecule has 0 bridgehead atoms. The first kappa shape index (κ1) is 18.7. The Labute approximate surface area is 165 Å². The van der Waals surface area contributed by atoms with Crippen molar-refractivity contribution in [2.24, 2.45) is 0 Å². The van der Waals surface area contributed by atoms with E-state index in [0.717, 1.165) is 24.5 Å². The lowest BCUT2D eigenvalue weighted by Crippen LogP contribution is -2.25. The van der Waals surface area contributed by atoms with Crippen LogP contribution >= 0.6 is 11.3 Å². The number of benzene rings is 1. The largest absolute Gasteiger partial charge is 0.383 e. The minimum Gasteiger partial charge on any atom is -0.383 e. The Morgan fingerprint density at radius 1 is 1.36 bits per heavy atom. The van der Waals surface area contributed by atoms with Crippen molar-refractivity contribution >= 4 is 33.1 Å². The van der Waals surface area contributed by atoms with Gasteiger partial charge in [0.2, 0.25) is 5.13 Å². The number of rotatable bonds is 6. The average Bonchev–Trinajstić information content (AvgIpc) is 3.39. The summed E-state index contributed by atoms with van der Waals surface area (Å²) in [4.78, 5) is 25.6. The molecule has 146 valence electrons. The zero-order chi connectivity index (χ0) is 19.5. The van der Waals surface area contributed by atoms with Crippen LogP contribution in [-0.2, 0) is 16.0 Å². The lowest BCUT2D eigenvalue weighted by molar-refractivity contribution is 0.102. The Bertz CT molecular complexity index is 1060. The molecule has 1 fully saturated rings. The molecule has 1 aromatic carbocycles. The first-order valence-electron chi connectivity index (χ1n) is 9.05. The van der Waals surface area contributed by atoms with Crippen LogP contribution in [-0.4, -0.2) is 41.0 Å². The van der Waals surface area contributed by atoms with Crippen LogP contribution in [0.4, 0.5) is 5.13 Å². The van der Waals surface area contributed by atoms with E-state index in [4.69, 9.17) is 9.47 Å². The maximum atomic E-state index is 12.9. The number of carbonyl (C=O) groups excluding carboxylic acids is 1. The SMILES string of the molecule is COCCn1cc(C(=O)Nc2nnc(C3CCCO3)s2)c2ccccc2c1=O. The lowest BCUT2D eigenvalue weighted by atomic mass is 10.1. The van der Waals surface area contributed by atoms with Crippen molar-refractivity contribution in [3.8, 4) is 0 Å². The van der Waals surface area contributed by atoms with Crippen molar-refractivity contribution in [1.82, 2.24) is 14.8 Å². The van der Waals surface area contributed by atoms with E-state index in [2.05, 4.69) is 15.5 Å². The Hall–Kier alpha value is -2.62. The molecule has 2 aromatic heterocycles. The number of fused-ring (bicyclic) bond motifs is 1. The molecule has 1 amide bonds. The van der Waals surface area contributed by atoms with E-state index in [-0.39, 0.29) is 17.6 Å². The molecule has 1 N–H and O–H groups in total. The Balaban J connectivity index is 1.64. The minimum absolute atomic E-state index is 0.0417. The molecule has 28 heavy (non-hydrogen) atoms. The number of nitrogens with zero attached hydrogens (tertiary/aromatic N) is 3. The summed E-state index contributed by atoms with van der Waals surface area (Å²) < 4.78 is 12.2. The number of carbonyl (C=O) groups is 1. The Morgan fingerprint density at radius 3 is 2.93 bits per heavy atom. The number of methoxy groups -OCH3 is 1. The number of anilines is 1. The molecule has 1 atom stereocenters. The van der Waals surface area contributed by atoms with Gasteiger partial charge in [-0.05, 0) is 18.9 Å². The highest BCUT2D eigenvalue weighted by Gasteiger charge is 2.23. The van der Waals surface area contributed by atoms with E-state index < -0.39 is 0 Å². The predicted octanol–water partition coefficient (Wildman–Crippen LogP) is 2.60. The van der Waals surface area contributed by atoms with Gasteiger partial charge < -0.3 is 14.0 Å². The predicted molar refractivity (Wildman–Crippen MR) is 106 cm³/mol. The normalized spacial score (nSPS) is 16.5. The van der Waals surface area contributed by atoms with Gasteiger partial charge in [0.25, 0.3) is 11.5 Å². The van der Waals surface area contributed by atoms with Crippen molar-refractivity contribution in [2.45, 2.75) is 25.5 Å². The third kappa shape index (κ3) is 3.68. The first-order chi connectivity index (χ1) is 13.7. The monoisotopic (exact) mass is 400 g/mol. The molecular formula is C19H20N4O4S. The maximum absolute atomic E-state index is 12.9. The number of pyridine rings is 1. The van der Waals surface area contributed by atoms with E-state index in [1.54, 1.807) is 37.6 Å². The molecule has 1 aliphatic heterocycles. The summed E-state index contributed by atoms with van der Waals surface area (Å²) in [6.07, 6.45) is 3.44. The molecular weight excluding hydrogens is 380 g/mol. The van der Waals surface area contributed by atoms with E-state index in [1.807, 2.05) is 0 Å². The molecule has 0 saturated carbocycles. The average molecular weight is 400 g/mol. The summed E-state index contributed by atoms with van der Waals surface area (Å²) in [7, 11) is 1.57. The lowest BCUT2D eigenvalue weighted by Gasteiger charge is -2.11. The molecule has 8 nitrogen and oxygen atoms in total. The topological polar surface area (TPSA) is 95.3 Å². The number of hydrogen-bond donors (Lipinski definition) is 1. The van der Waals surface area contributed by atoms with Gasteiger partial charge in [-0.25, -0.2) is 0 Å². The van der Waals surface area contributed by atoms with Gasteiger partial charge in [-0.2, -0.15) is 0 Å². The van der Waals surface area contributed by atoms with Crippen molar-refractivity contribution in [3.05, 3.63) is 51.4 Å². The quantitative estimate of drug-likeness (QED) is 0.683. The molecule has 4 rings (SSSR count). The number of hydrogen-bond acceptors (Lipinski definition) is 7. The van der Waals surface area contributed by atoms with Crippen molar-refractivity contribution in [2.75, 3.05) is 25.6 Å². The number of aromatic nitrogens is 3. The fourth-order valence-corrected chi connectivity index (χ4v) is 4.05. The standard InChI is InChI=1S/C19H20N4O4S/c1-26-10-8-23-11-14(12-5-2-3-6-13(12)18(23)25)16(24)20-19-22-21-17(28-19)15-7-4-9-27-15/h2-3,5-6,11,15H,4,7-10H2,1H3,(H,20,22,24). The highest BCUT2D eigenvalue weighted by molar-refractivity contribution is 7.15. The van der Waals surface area contributed by atoms with Crippen LogP contribution in [0.2, 0.25) is 0 Å². The summed E-state index contributed by atoms with van der Waals surface area (Å²) in [6, 6.07) is 7.08. The molecule has 3 heterocycles. The van der Waals surface area contributed by atoms with Crippen LogP contribution in [0.15, 0.2) is 35.3 Å². The molecule has 1 aliphatic rings. The van der Waals surface area contributed by atoms with Gasteiger partial charge in [0, 0.05) is 37.2 Å². The van der Waals surface area contributed by atoms with Gasteiger partial charge in [-0.15, -0.1) is 10.2 Å². The number of ether oxygens (including phenoxy) is 2. The molecule has 3 aromatic rings. The summed E-state index contributed by atoms with van der Waals surface area (Å²) in [5.41, 5.74) is 0.251. The fraction of sp³-hybridized carbons (Fsp3) is 0.368. The van der Waals surface area contributed by atoms with Gasteiger partial charge in [-0.3, -0.25) is 14.9 Å². The molecule has 1 unspecified atom stereocenters. The van der Waals surface area contributed by atoms with Crippen LogP contribution in [0, 0.1) is 0 Å². The second kappa shape index (κ2) is 8.17. The third-order valence-corrected chi connectivity index (χ3v) is 5.57. The third-order valence-electron chi connectivity index (χ3n) is 4.64. The maximum Gasteiger partial charge on any atom is 0.259 e. The van der Waals surface area contributed by atoms with Crippen molar-refractivity contribution < 1.29 is 14.3 Å². The van der Waals surface area contributed by atoms with E-state index >= 15 is 0 Å². The summed E-state index contributed by atoms with van der Waals surface area (Å²) in [5.74, 6) is -0.336. The van der Waals surface area contributed by atoms with Gasteiger partial charge in [0.15, 0.2) is 0 Å². The Morgan fingerprint density at radius 2 is 2.18 bits per heavy atom. The molecule has 9 heteroatoms. The first-order valence-corrected chi connectivity index (χ1v) is 9.86. The van der Waals surface area contributed by atoms with Crippen molar-refractivity contribution in [3.63, 3.8) is 0 Å². The zero-order valence-corrected chi connectivity index (χ0v) is 16.2.